The Morgan fingerprint density at radius 1 is 1.38 bits per heavy atom. The fourth-order valence-corrected chi connectivity index (χ4v) is 4.37. The van der Waals surface area contributed by atoms with Crippen LogP contribution in [0.25, 0.3) is 10.1 Å². The Bertz CT molecular complexity index is 769. The molecule has 1 saturated heterocycles. The van der Waals surface area contributed by atoms with Crippen LogP contribution in [0.2, 0.25) is 0 Å². The Balaban J connectivity index is 1.57. The van der Waals surface area contributed by atoms with Gasteiger partial charge in [-0.2, -0.15) is 0 Å². The molecule has 0 bridgehead atoms. The van der Waals surface area contributed by atoms with E-state index in [4.69, 9.17) is 9.84 Å². The van der Waals surface area contributed by atoms with Gasteiger partial charge in [0.25, 0.3) is 0 Å². The molecule has 1 amide bonds. The molecule has 2 aromatic rings. The van der Waals surface area contributed by atoms with Crippen molar-refractivity contribution < 1.29 is 19.4 Å². The minimum absolute atomic E-state index is 0.152. The van der Waals surface area contributed by atoms with E-state index >= 15 is 0 Å². The first kappa shape index (κ1) is 16.9. The van der Waals surface area contributed by atoms with E-state index in [1.54, 1.807) is 18.3 Å². The summed E-state index contributed by atoms with van der Waals surface area (Å²) in [6.07, 6.45) is -0.347. The minimum Gasteiger partial charge on any atom is -0.479 e. The number of nitrogens with one attached hydrogen (secondary N) is 1. The van der Waals surface area contributed by atoms with E-state index in [1.165, 1.54) is 20.5 Å². The largest absolute Gasteiger partial charge is 0.479 e. The lowest BCUT2D eigenvalue weighted by Crippen LogP contribution is -2.36. The number of carbonyl (C=O) groups is 2. The third-order valence-electron chi connectivity index (χ3n) is 4.52. The first-order valence-corrected chi connectivity index (χ1v) is 8.92. The maximum atomic E-state index is 12.2. The smallest absolute Gasteiger partial charge is 0.333 e. The first-order chi connectivity index (χ1) is 11.5. The van der Waals surface area contributed by atoms with Crippen molar-refractivity contribution in [2.24, 2.45) is 5.92 Å². The van der Waals surface area contributed by atoms with Crippen molar-refractivity contribution in [1.82, 2.24) is 5.32 Å². The van der Waals surface area contributed by atoms with Gasteiger partial charge in [-0.05, 0) is 42.7 Å². The minimum atomic E-state index is -1.00. The Kier molecular flexibility index (Phi) is 4.87. The highest BCUT2D eigenvalue weighted by molar-refractivity contribution is 7.19. The van der Waals surface area contributed by atoms with E-state index < -0.39 is 18.2 Å². The summed E-state index contributed by atoms with van der Waals surface area (Å²) in [7, 11) is 0. The van der Waals surface area contributed by atoms with Crippen molar-refractivity contribution in [3.8, 4) is 0 Å². The van der Waals surface area contributed by atoms with E-state index in [0.29, 0.717) is 13.0 Å². The number of aliphatic carboxylic acids is 1. The Hall–Kier alpha value is -1.92. The van der Waals surface area contributed by atoms with Gasteiger partial charge in [0.2, 0.25) is 5.91 Å². The molecule has 128 valence electrons. The second-order valence-electron chi connectivity index (χ2n) is 6.27. The molecule has 0 aliphatic carbocycles. The normalized spacial score (nSPS) is 23.5. The molecule has 2 heterocycles. The summed E-state index contributed by atoms with van der Waals surface area (Å²) >= 11 is 1.76. The van der Waals surface area contributed by atoms with Crippen LogP contribution >= 0.6 is 11.3 Å². The molecule has 1 aromatic carbocycles. The third kappa shape index (κ3) is 3.30. The number of hydrogen-bond donors (Lipinski definition) is 2. The highest BCUT2D eigenvalue weighted by atomic mass is 32.1. The monoisotopic (exact) mass is 347 g/mol. The average molecular weight is 347 g/mol. The van der Waals surface area contributed by atoms with Gasteiger partial charge in [-0.15, -0.1) is 11.3 Å². The number of benzene rings is 1. The van der Waals surface area contributed by atoms with Gasteiger partial charge in [0.1, 0.15) is 6.10 Å². The summed E-state index contributed by atoms with van der Waals surface area (Å²) in [6, 6.07) is 8.27. The molecular weight excluding hydrogens is 326 g/mol. The van der Waals surface area contributed by atoms with E-state index in [9.17, 15) is 9.59 Å². The van der Waals surface area contributed by atoms with Crippen LogP contribution in [0.5, 0.6) is 0 Å². The van der Waals surface area contributed by atoms with Gasteiger partial charge >= 0.3 is 5.97 Å². The number of hydrogen-bond acceptors (Lipinski definition) is 4. The predicted octanol–water partition coefficient (Wildman–Crippen LogP) is 2.75. The topological polar surface area (TPSA) is 75.6 Å². The quantitative estimate of drug-likeness (QED) is 0.872. The first-order valence-electron chi connectivity index (χ1n) is 8.10. The lowest BCUT2D eigenvalue weighted by molar-refractivity contribution is -0.153. The molecule has 2 N–H and O–H groups in total. The van der Waals surface area contributed by atoms with Crippen LogP contribution in [0.15, 0.2) is 24.3 Å². The number of carbonyl (C=O) groups excluding carboxylic acids is 1. The summed E-state index contributed by atoms with van der Waals surface area (Å²) in [6.45, 7) is 4.42. The number of ether oxygens (including phenoxy) is 1. The zero-order chi connectivity index (χ0) is 17.3. The molecule has 24 heavy (non-hydrogen) atoms. The lowest BCUT2D eigenvalue weighted by Gasteiger charge is -2.12. The number of thiophene rings is 1. The van der Waals surface area contributed by atoms with Crippen LogP contribution in [-0.2, 0) is 20.7 Å². The molecule has 0 saturated carbocycles. The van der Waals surface area contributed by atoms with Crippen molar-refractivity contribution >= 4 is 33.3 Å². The fourth-order valence-electron chi connectivity index (χ4n) is 3.25. The van der Waals surface area contributed by atoms with Crippen LogP contribution in [0.4, 0.5) is 0 Å². The standard InChI is InChI=1S/C18H21NO4S/c1-10-9-14(23-16(10)18(21)22)17(20)19-8-7-12-11(2)24-15-6-4-3-5-13(12)15/h3-6,10,14,16H,7-9H2,1-2H3,(H,19,20)(H,21,22)/t10-,14-,16-/m1/s1. The van der Waals surface area contributed by atoms with Gasteiger partial charge < -0.3 is 15.2 Å². The number of amides is 1. The second kappa shape index (κ2) is 6.91. The maximum absolute atomic E-state index is 12.2. The highest BCUT2D eigenvalue weighted by Gasteiger charge is 2.40. The molecule has 1 aromatic heterocycles. The SMILES string of the molecule is Cc1sc2ccccc2c1CCNC(=O)[C@H]1C[C@@H](C)[C@H](C(=O)O)O1. The van der Waals surface area contributed by atoms with Gasteiger partial charge in [-0.25, -0.2) is 4.79 Å². The summed E-state index contributed by atoms with van der Waals surface area (Å²) in [5.74, 6) is -1.37. The van der Waals surface area contributed by atoms with Gasteiger partial charge in [0.15, 0.2) is 6.10 Å². The van der Waals surface area contributed by atoms with Gasteiger partial charge in [-0.1, -0.05) is 25.1 Å². The molecule has 6 heteroatoms. The molecule has 0 radical (unpaired) electrons. The van der Waals surface area contributed by atoms with Crippen LogP contribution in [0, 0.1) is 12.8 Å². The van der Waals surface area contributed by atoms with Gasteiger partial charge in [0.05, 0.1) is 0 Å². The average Bonchev–Trinajstić information content (AvgIpc) is 3.08. The predicted molar refractivity (Wildman–Crippen MR) is 93.4 cm³/mol. The Morgan fingerprint density at radius 2 is 2.12 bits per heavy atom. The number of carboxylic acid groups (broad SMARTS) is 1. The highest BCUT2D eigenvalue weighted by Crippen LogP contribution is 2.31. The summed E-state index contributed by atoms with van der Waals surface area (Å²) in [4.78, 5) is 24.5. The number of fused-ring (bicyclic) bond motifs is 1. The Morgan fingerprint density at radius 3 is 2.83 bits per heavy atom. The molecule has 5 nitrogen and oxygen atoms in total. The number of aryl methyl sites for hydroxylation is 1. The molecule has 1 aliphatic rings. The third-order valence-corrected chi connectivity index (χ3v) is 5.65. The molecule has 1 aliphatic heterocycles. The van der Waals surface area contributed by atoms with Crippen LogP contribution in [0.3, 0.4) is 0 Å². The summed E-state index contributed by atoms with van der Waals surface area (Å²) in [5.41, 5.74) is 1.26. The zero-order valence-corrected chi connectivity index (χ0v) is 14.6. The number of carboxylic acids is 1. The van der Waals surface area contributed by atoms with Crippen molar-refractivity contribution in [3.05, 3.63) is 34.7 Å². The van der Waals surface area contributed by atoms with Crippen LogP contribution in [0.1, 0.15) is 23.8 Å². The van der Waals surface area contributed by atoms with Crippen molar-refractivity contribution in [2.75, 3.05) is 6.54 Å². The van der Waals surface area contributed by atoms with E-state index in [0.717, 1.165) is 6.42 Å². The number of rotatable bonds is 5. The molecule has 0 spiro atoms. The van der Waals surface area contributed by atoms with Gasteiger partial charge in [0, 0.05) is 16.1 Å². The molecule has 3 rings (SSSR count). The summed E-state index contributed by atoms with van der Waals surface area (Å²) in [5, 5.41) is 13.2. The van der Waals surface area contributed by atoms with Crippen molar-refractivity contribution in [3.63, 3.8) is 0 Å². The fraction of sp³-hybridized carbons (Fsp3) is 0.444. The van der Waals surface area contributed by atoms with Gasteiger partial charge in [-0.3, -0.25) is 4.79 Å². The Labute approximate surface area is 144 Å². The molecule has 3 atom stereocenters. The van der Waals surface area contributed by atoms with Crippen LogP contribution in [-0.4, -0.2) is 35.7 Å². The molecular formula is C18H21NO4S. The van der Waals surface area contributed by atoms with E-state index in [1.807, 2.05) is 12.1 Å². The van der Waals surface area contributed by atoms with Crippen molar-refractivity contribution in [1.29, 1.82) is 0 Å². The lowest BCUT2D eigenvalue weighted by atomic mass is 10.0. The van der Waals surface area contributed by atoms with Crippen LogP contribution < -0.4 is 5.32 Å². The molecule has 0 unspecified atom stereocenters. The summed E-state index contributed by atoms with van der Waals surface area (Å²) < 4.78 is 6.63. The zero-order valence-electron chi connectivity index (χ0n) is 13.7. The van der Waals surface area contributed by atoms with Crippen molar-refractivity contribution in [2.45, 2.75) is 38.9 Å². The van der Waals surface area contributed by atoms with E-state index in [2.05, 4.69) is 24.4 Å². The molecule has 1 fully saturated rings. The maximum Gasteiger partial charge on any atom is 0.333 e. The van der Waals surface area contributed by atoms with E-state index in [-0.39, 0.29) is 11.8 Å². The second-order valence-corrected chi connectivity index (χ2v) is 7.53.